The first-order valence-electron chi connectivity index (χ1n) is 6.58. The summed E-state index contributed by atoms with van der Waals surface area (Å²) in [6, 6.07) is 3.51. The van der Waals surface area contributed by atoms with Gasteiger partial charge in [-0.05, 0) is 33.5 Å². The number of phenols is 1. The average molecular weight is 332 g/mol. The number of rotatable bonds is 7. The van der Waals surface area contributed by atoms with Crippen LogP contribution < -0.4 is 0 Å². The predicted molar refractivity (Wildman–Crippen MR) is 82.1 cm³/mol. The molecular weight excluding hydrogens is 311 g/mol. The quantitative estimate of drug-likeness (QED) is 0.447. The van der Waals surface area contributed by atoms with E-state index >= 15 is 0 Å². The Morgan fingerprint density at radius 2 is 2.05 bits per heavy atom. The van der Waals surface area contributed by atoms with Gasteiger partial charge in [0.2, 0.25) is 0 Å². The molecule has 0 heterocycles. The molecule has 0 fully saturated rings. The first-order chi connectivity index (χ1) is 9.94. The second-order valence-corrected chi connectivity index (χ2v) is 7.43. The maximum Gasteiger partial charge on any atom is 0.325 e. The van der Waals surface area contributed by atoms with Crippen molar-refractivity contribution in [2.24, 2.45) is 0 Å². The third kappa shape index (κ3) is 5.06. The molecule has 22 heavy (non-hydrogen) atoms. The maximum absolute atomic E-state index is 11.7. The zero-order chi connectivity index (χ0) is 17.1. The second-order valence-electron chi connectivity index (χ2n) is 5.64. The van der Waals surface area contributed by atoms with Crippen molar-refractivity contribution in [2.75, 3.05) is 27.3 Å². The number of nitrogens with zero attached hydrogens (tertiary/aromatic N) is 2. The van der Waals surface area contributed by atoms with Crippen LogP contribution in [0.4, 0.5) is 5.69 Å². The Balaban J connectivity index is 3.34. The van der Waals surface area contributed by atoms with Gasteiger partial charge in [0, 0.05) is 30.9 Å². The Kier molecular flexibility index (Phi) is 5.70. The molecule has 0 aliphatic carbocycles. The van der Waals surface area contributed by atoms with Crippen molar-refractivity contribution in [3.63, 3.8) is 0 Å². The third-order valence-electron chi connectivity index (χ3n) is 3.17. The van der Waals surface area contributed by atoms with Gasteiger partial charge < -0.3 is 14.9 Å². The minimum atomic E-state index is -3.87. The lowest BCUT2D eigenvalue weighted by atomic mass is 9.91. The molecule has 0 bridgehead atoms. The van der Waals surface area contributed by atoms with Crippen molar-refractivity contribution in [1.29, 1.82) is 0 Å². The first-order valence-corrected chi connectivity index (χ1v) is 8.61. The molecule has 2 unspecified atom stereocenters. The summed E-state index contributed by atoms with van der Waals surface area (Å²) in [5, 5.41) is 20.9. The Bertz CT molecular complexity index is 600. The standard InChI is InChI=1S/C13H21N2O6P/c1-13(7-8-14(2)3,21-22(4,19)20)11-9-10(15(17)18)5-6-12(11)16/h5-6,9,16H,7-8H2,1-4H3,(H,19,20). The van der Waals surface area contributed by atoms with Gasteiger partial charge in [-0.3, -0.25) is 19.2 Å². The maximum atomic E-state index is 11.7. The molecule has 9 heteroatoms. The molecule has 0 aliphatic heterocycles. The average Bonchev–Trinajstić information content (AvgIpc) is 2.34. The number of hydrogen-bond donors (Lipinski definition) is 2. The van der Waals surface area contributed by atoms with E-state index in [0.717, 1.165) is 12.7 Å². The zero-order valence-corrected chi connectivity index (χ0v) is 13.9. The SMILES string of the molecule is CN(C)CCC(C)(OP(C)(=O)O)c1cc([N+](=O)[O-])ccc1O. The summed E-state index contributed by atoms with van der Waals surface area (Å²) in [6.45, 7) is 3.07. The minimum Gasteiger partial charge on any atom is -0.508 e. The molecule has 2 atom stereocenters. The molecule has 2 N–H and O–H groups in total. The summed E-state index contributed by atoms with van der Waals surface area (Å²) in [5.74, 6) is -0.222. The Labute approximate surface area is 129 Å². The van der Waals surface area contributed by atoms with E-state index in [1.807, 2.05) is 19.0 Å². The first kappa shape index (κ1) is 18.6. The molecule has 0 spiro atoms. The molecular formula is C13H21N2O6P. The summed E-state index contributed by atoms with van der Waals surface area (Å²) in [4.78, 5) is 21.7. The summed E-state index contributed by atoms with van der Waals surface area (Å²) in [5.41, 5.74) is -1.45. The number of benzene rings is 1. The van der Waals surface area contributed by atoms with Crippen molar-refractivity contribution in [2.45, 2.75) is 18.9 Å². The largest absolute Gasteiger partial charge is 0.508 e. The monoisotopic (exact) mass is 332 g/mol. The molecule has 0 radical (unpaired) electrons. The number of nitro groups is 1. The molecule has 0 aromatic heterocycles. The van der Waals surface area contributed by atoms with Crippen molar-refractivity contribution >= 4 is 13.3 Å². The molecule has 0 saturated carbocycles. The number of non-ortho nitro benzene ring substituents is 1. The van der Waals surface area contributed by atoms with Crippen LogP contribution in [0.1, 0.15) is 18.9 Å². The number of hydrogen-bond acceptors (Lipinski definition) is 6. The Morgan fingerprint density at radius 1 is 1.45 bits per heavy atom. The van der Waals surface area contributed by atoms with Crippen LogP contribution in [0.25, 0.3) is 0 Å². The summed E-state index contributed by atoms with van der Waals surface area (Å²) >= 11 is 0. The fourth-order valence-electron chi connectivity index (χ4n) is 2.10. The van der Waals surface area contributed by atoms with Gasteiger partial charge in [0.25, 0.3) is 5.69 Å². The highest BCUT2D eigenvalue weighted by molar-refractivity contribution is 7.51. The van der Waals surface area contributed by atoms with Crippen LogP contribution >= 0.6 is 7.60 Å². The molecule has 8 nitrogen and oxygen atoms in total. The van der Waals surface area contributed by atoms with E-state index in [4.69, 9.17) is 4.52 Å². The minimum absolute atomic E-state index is 0.111. The van der Waals surface area contributed by atoms with Gasteiger partial charge in [0.05, 0.1) is 4.92 Å². The van der Waals surface area contributed by atoms with E-state index in [0.29, 0.717) is 6.54 Å². The van der Waals surface area contributed by atoms with E-state index in [-0.39, 0.29) is 23.4 Å². The van der Waals surface area contributed by atoms with E-state index in [1.165, 1.54) is 19.1 Å². The lowest BCUT2D eigenvalue weighted by molar-refractivity contribution is -0.385. The topological polar surface area (TPSA) is 113 Å². The van der Waals surface area contributed by atoms with Gasteiger partial charge in [-0.1, -0.05) is 0 Å². The highest BCUT2D eigenvalue weighted by Gasteiger charge is 2.36. The number of phenolic OH excluding ortho intramolecular Hbond substituents is 1. The van der Waals surface area contributed by atoms with Crippen LogP contribution in [0.3, 0.4) is 0 Å². The van der Waals surface area contributed by atoms with Gasteiger partial charge in [-0.2, -0.15) is 0 Å². The molecule has 1 rings (SSSR count). The van der Waals surface area contributed by atoms with E-state index in [1.54, 1.807) is 0 Å². The summed E-state index contributed by atoms with van der Waals surface area (Å²) in [6.07, 6.45) is 0.271. The molecule has 1 aromatic carbocycles. The second kappa shape index (κ2) is 6.75. The molecule has 0 aliphatic rings. The van der Waals surface area contributed by atoms with Gasteiger partial charge in [-0.25, -0.2) is 0 Å². The Morgan fingerprint density at radius 3 is 2.50 bits per heavy atom. The smallest absolute Gasteiger partial charge is 0.325 e. The van der Waals surface area contributed by atoms with E-state index in [9.17, 15) is 24.7 Å². The van der Waals surface area contributed by atoms with Crippen LogP contribution in [0.5, 0.6) is 5.75 Å². The van der Waals surface area contributed by atoms with Gasteiger partial charge in [0.1, 0.15) is 11.4 Å². The van der Waals surface area contributed by atoms with Crippen LogP contribution in [0.15, 0.2) is 18.2 Å². The highest BCUT2D eigenvalue weighted by Crippen LogP contribution is 2.49. The van der Waals surface area contributed by atoms with Crippen molar-refractivity contribution < 1.29 is 24.0 Å². The third-order valence-corrected chi connectivity index (χ3v) is 3.91. The fraction of sp³-hybridized carbons (Fsp3) is 0.538. The fourth-order valence-corrected chi connectivity index (χ4v) is 3.04. The van der Waals surface area contributed by atoms with Gasteiger partial charge in [0.15, 0.2) is 0 Å². The van der Waals surface area contributed by atoms with Gasteiger partial charge in [-0.15, -0.1) is 0 Å². The van der Waals surface area contributed by atoms with Crippen LogP contribution in [-0.2, 0) is 14.7 Å². The van der Waals surface area contributed by atoms with Crippen molar-refractivity contribution in [3.8, 4) is 5.75 Å². The van der Waals surface area contributed by atoms with Crippen LogP contribution in [-0.4, -0.2) is 47.1 Å². The van der Waals surface area contributed by atoms with Crippen molar-refractivity contribution in [3.05, 3.63) is 33.9 Å². The zero-order valence-electron chi connectivity index (χ0n) is 13.0. The van der Waals surface area contributed by atoms with E-state index < -0.39 is 18.1 Å². The summed E-state index contributed by atoms with van der Waals surface area (Å²) < 4.78 is 17.0. The molecule has 0 saturated heterocycles. The lowest BCUT2D eigenvalue weighted by Gasteiger charge is -2.32. The Hall–Kier alpha value is -1.47. The van der Waals surface area contributed by atoms with Crippen molar-refractivity contribution in [1.82, 2.24) is 4.90 Å². The molecule has 124 valence electrons. The molecule has 0 amide bonds. The highest BCUT2D eigenvalue weighted by atomic mass is 31.2. The summed E-state index contributed by atoms with van der Waals surface area (Å²) in [7, 11) is -0.235. The lowest BCUT2D eigenvalue weighted by Crippen LogP contribution is -2.30. The molecule has 1 aromatic rings. The predicted octanol–water partition coefficient (Wildman–Crippen LogP) is 2.30. The van der Waals surface area contributed by atoms with Crippen LogP contribution in [0.2, 0.25) is 0 Å². The number of nitro benzene ring substituents is 1. The normalized spacial score (nSPS) is 17.0. The van der Waals surface area contributed by atoms with E-state index in [2.05, 4.69) is 0 Å². The number of aromatic hydroxyl groups is 1. The van der Waals surface area contributed by atoms with Gasteiger partial charge >= 0.3 is 7.60 Å². The van der Waals surface area contributed by atoms with Crippen LogP contribution in [0, 0.1) is 10.1 Å².